The van der Waals surface area contributed by atoms with Crippen molar-refractivity contribution in [3.05, 3.63) is 34.7 Å². The number of nitrogens with one attached hydrogen (secondary N) is 1. The Morgan fingerprint density at radius 3 is 3.13 bits per heavy atom. The highest BCUT2D eigenvalue weighted by atomic mass is 35.5. The van der Waals surface area contributed by atoms with Gasteiger partial charge in [0.15, 0.2) is 0 Å². The van der Waals surface area contributed by atoms with Crippen LogP contribution in [0.25, 0.3) is 5.65 Å². The Kier molecular flexibility index (Phi) is 4.84. The molecule has 1 aliphatic rings. The summed E-state index contributed by atoms with van der Waals surface area (Å²) in [5, 5.41) is 3.53. The summed E-state index contributed by atoms with van der Waals surface area (Å²) in [6, 6.07) is 3.57. The van der Waals surface area contributed by atoms with Crippen molar-refractivity contribution in [1.29, 1.82) is 0 Å². The number of fused-ring (bicyclic) bond motifs is 1. The zero-order valence-electron chi connectivity index (χ0n) is 13.4. The molecule has 124 valence electrons. The van der Waals surface area contributed by atoms with Crippen LogP contribution in [0.1, 0.15) is 22.6 Å². The third kappa shape index (κ3) is 3.65. The maximum absolute atomic E-state index is 12.5. The fourth-order valence-corrected chi connectivity index (χ4v) is 3.04. The molecule has 0 saturated carbocycles. The number of halogens is 1. The van der Waals surface area contributed by atoms with E-state index in [0.717, 1.165) is 26.1 Å². The van der Waals surface area contributed by atoms with E-state index in [-0.39, 0.29) is 12.0 Å². The molecule has 0 bridgehead atoms. The van der Waals surface area contributed by atoms with Gasteiger partial charge in [0.05, 0.1) is 23.4 Å². The summed E-state index contributed by atoms with van der Waals surface area (Å²) in [5.74, 6) is -0.138. The van der Waals surface area contributed by atoms with E-state index in [1.807, 2.05) is 6.92 Å². The number of pyridine rings is 1. The molecule has 2 aromatic heterocycles. The standard InChI is InChI=1S/C16H21ClN4O2/c1-11-15(21-9-12(17)3-4-14(21)19-11)16(22)18-6-5-13-10-20(2)7-8-23-13/h3-4,9,13H,5-8,10H2,1-2H3,(H,18,22). The number of hydrogen-bond acceptors (Lipinski definition) is 4. The lowest BCUT2D eigenvalue weighted by atomic mass is 10.2. The second-order valence-electron chi connectivity index (χ2n) is 5.92. The molecule has 0 spiro atoms. The van der Waals surface area contributed by atoms with Crippen LogP contribution in [0.4, 0.5) is 0 Å². The molecule has 1 saturated heterocycles. The van der Waals surface area contributed by atoms with Crippen molar-refractivity contribution < 1.29 is 9.53 Å². The summed E-state index contributed by atoms with van der Waals surface area (Å²) in [7, 11) is 2.08. The molecule has 23 heavy (non-hydrogen) atoms. The van der Waals surface area contributed by atoms with Crippen molar-refractivity contribution in [1.82, 2.24) is 19.6 Å². The number of ether oxygens (including phenoxy) is 1. The van der Waals surface area contributed by atoms with Crippen molar-refractivity contribution in [3.8, 4) is 0 Å². The van der Waals surface area contributed by atoms with E-state index in [1.54, 1.807) is 22.7 Å². The van der Waals surface area contributed by atoms with E-state index in [9.17, 15) is 4.79 Å². The average molecular weight is 337 g/mol. The van der Waals surface area contributed by atoms with Gasteiger partial charge in [-0.25, -0.2) is 4.98 Å². The lowest BCUT2D eigenvalue weighted by molar-refractivity contribution is -0.0226. The Labute approximate surface area is 140 Å². The average Bonchev–Trinajstić information content (AvgIpc) is 2.82. The van der Waals surface area contributed by atoms with E-state index in [2.05, 4.69) is 22.2 Å². The Morgan fingerprint density at radius 1 is 1.52 bits per heavy atom. The number of carbonyl (C=O) groups is 1. The number of hydrogen-bond donors (Lipinski definition) is 1. The summed E-state index contributed by atoms with van der Waals surface area (Å²) < 4.78 is 7.44. The van der Waals surface area contributed by atoms with Crippen molar-refractivity contribution in [3.63, 3.8) is 0 Å². The van der Waals surface area contributed by atoms with Gasteiger partial charge in [0.1, 0.15) is 11.3 Å². The molecule has 3 rings (SSSR count). The molecule has 1 aliphatic heterocycles. The normalized spacial score (nSPS) is 19.2. The number of carbonyl (C=O) groups excluding carboxylic acids is 1. The highest BCUT2D eigenvalue weighted by Crippen LogP contribution is 2.16. The first kappa shape index (κ1) is 16.2. The van der Waals surface area contributed by atoms with Crippen molar-refractivity contribution in [2.24, 2.45) is 0 Å². The number of likely N-dealkylation sites (N-methyl/N-ethyl adjacent to an activating group) is 1. The van der Waals surface area contributed by atoms with E-state index < -0.39 is 0 Å². The number of aryl methyl sites for hydroxylation is 1. The molecule has 1 N–H and O–H groups in total. The molecular formula is C16H21ClN4O2. The molecule has 7 heteroatoms. The van der Waals surface area contributed by atoms with Crippen molar-refractivity contribution in [2.45, 2.75) is 19.4 Å². The molecule has 1 amide bonds. The van der Waals surface area contributed by atoms with E-state index >= 15 is 0 Å². The number of rotatable bonds is 4. The number of aromatic nitrogens is 2. The van der Waals surface area contributed by atoms with Crippen LogP contribution < -0.4 is 5.32 Å². The summed E-state index contributed by atoms with van der Waals surface area (Å²) >= 11 is 6.02. The molecule has 6 nitrogen and oxygen atoms in total. The lowest BCUT2D eigenvalue weighted by Crippen LogP contribution is -2.41. The maximum Gasteiger partial charge on any atom is 0.270 e. The smallest absolute Gasteiger partial charge is 0.270 e. The van der Waals surface area contributed by atoms with Crippen LogP contribution in [0.2, 0.25) is 5.02 Å². The number of imidazole rings is 1. The largest absolute Gasteiger partial charge is 0.375 e. The Balaban J connectivity index is 1.64. The molecule has 3 heterocycles. The van der Waals surface area contributed by atoms with Crippen LogP contribution >= 0.6 is 11.6 Å². The Bertz CT molecular complexity index is 715. The Morgan fingerprint density at radius 2 is 2.35 bits per heavy atom. The SMILES string of the molecule is Cc1nc2ccc(Cl)cn2c1C(=O)NCCC1CN(C)CCO1. The van der Waals surface area contributed by atoms with Gasteiger partial charge < -0.3 is 15.0 Å². The van der Waals surface area contributed by atoms with Gasteiger partial charge in [-0.15, -0.1) is 0 Å². The summed E-state index contributed by atoms with van der Waals surface area (Å²) in [5.41, 5.74) is 1.94. The quantitative estimate of drug-likeness (QED) is 0.924. The first-order valence-corrected chi connectivity index (χ1v) is 8.15. The van der Waals surface area contributed by atoms with Gasteiger partial charge in [-0.1, -0.05) is 11.6 Å². The van der Waals surface area contributed by atoms with Crippen LogP contribution in [-0.2, 0) is 4.74 Å². The van der Waals surface area contributed by atoms with Crippen molar-refractivity contribution in [2.75, 3.05) is 33.3 Å². The van der Waals surface area contributed by atoms with Crippen LogP contribution in [0.3, 0.4) is 0 Å². The minimum atomic E-state index is -0.138. The van der Waals surface area contributed by atoms with Gasteiger partial charge in [0.2, 0.25) is 0 Å². The first-order valence-electron chi connectivity index (χ1n) is 7.77. The molecule has 0 aliphatic carbocycles. The fraction of sp³-hybridized carbons (Fsp3) is 0.500. The molecule has 0 aromatic carbocycles. The summed E-state index contributed by atoms with van der Waals surface area (Å²) in [6.45, 7) is 5.02. The molecule has 0 radical (unpaired) electrons. The zero-order chi connectivity index (χ0) is 16.4. The van der Waals surface area contributed by atoms with Gasteiger partial charge in [-0.2, -0.15) is 0 Å². The van der Waals surface area contributed by atoms with Crippen LogP contribution in [0.15, 0.2) is 18.3 Å². The van der Waals surface area contributed by atoms with Gasteiger partial charge in [-0.05, 0) is 32.5 Å². The van der Waals surface area contributed by atoms with Crippen LogP contribution in [0, 0.1) is 6.92 Å². The molecule has 1 fully saturated rings. The summed E-state index contributed by atoms with van der Waals surface area (Å²) in [6.07, 6.45) is 2.68. The minimum Gasteiger partial charge on any atom is -0.375 e. The second-order valence-corrected chi connectivity index (χ2v) is 6.36. The monoisotopic (exact) mass is 336 g/mol. The third-order valence-electron chi connectivity index (χ3n) is 4.07. The minimum absolute atomic E-state index is 0.138. The van der Waals surface area contributed by atoms with Crippen molar-refractivity contribution >= 4 is 23.2 Å². The highest BCUT2D eigenvalue weighted by Gasteiger charge is 2.19. The molecule has 1 atom stereocenters. The Hall–Kier alpha value is -1.63. The van der Waals surface area contributed by atoms with Gasteiger partial charge in [0.25, 0.3) is 5.91 Å². The van der Waals surface area contributed by atoms with E-state index in [1.165, 1.54) is 0 Å². The highest BCUT2D eigenvalue weighted by molar-refractivity contribution is 6.30. The number of amides is 1. The predicted octanol–water partition coefficient (Wildman–Crippen LogP) is 1.75. The topological polar surface area (TPSA) is 58.9 Å². The second kappa shape index (κ2) is 6.86. The van der Waals surface area contributed by atoms with Gasteiger partial charge >= 0.3 is 0 Å². The summed E-state index contributed by atoms with van der Waals surface area (Å²) in [4.78, 5) is 19.1. The van der Waals surface area contributed by atoms with Crippen LogP contribution in [0.5, 0.6) is 0 Å². The molecule has 2 aromatic rings. The lowest BCUT2D eigenvalue weighted by Gasteiger charge is -2.30. The molecule has 1 unspecified atom stereocenters. The van der Waals surface area contributed by atoms with Gasteiger partial charge in [-0.3, -0.25) is 9.20 Å². The number of nitrogens with zero attached hydrogens (tertiary/aromatic N) is 3. The zero-order valence-corrected chi connectivity index (χ0v) is 14.1. The van der Waals surface area contributed by atoms with Gasteiger partial charge in [0, 0.05) is 25.8 Å². The predicted molar refractivity (Wildman–Crippen MR) is 89.1 cm³/mol. The fourth-order valence-electron chi connectivity index (χ4n) is 2.88. The third-order valence-corrected chi connectivity index (χ3v) is 4.29. The first-order chi connectivity index (χ1) is 11.0. The van der Waals surface area contributed by atoms with Crippen LogP contribution in [-0.4, -0.2) is 59.6 Å². The maximum atomic E-state index is 12.5. The number of morpholine rings is 1. The van der Waals surface area contributed by atoms with E-state index in [0.29, 0.717) is 28.6 Å². The van der Waals surface area contributed by atoms with E-state index in [4.69, 9.17) is 16.3 Å². The molecular weight excluding hydrogens is 316 g/mol.